The van der Waals surface area contributed by atoms with Gasteiger partial charge in [0.15, 0.2) is 0 Å². The van der Waals surface area contributed by atoms with E-state index in [0.717, 1.165) is 77.5 Å². The molecule has 0 radical (unpaired) electrons. The molecule has 0 aromatic rings. The van der Waals surface area contributed by atoms with E-state index in [1.165, 1.54) is 0 Å². The van der Waals surface area contributed by atoms with Crippen LogP contribution in [0.4, 0.5) is 0 Å². The van der Waals surface area contributed by atoms with Gasteiger partial charge < -0.3 is 19.3 Å². The summed E-state index contributed by atoms with van der Waals surface area (Å²) >= 11 is 0. The van der Waals surface area contributed by atoms with E-state index in [1.54, 1.807) is 0 Å². The molecule has 3 aliphatic heterocycles. The molecule has 6 nitrogen and oxygen atoms in total. The van der Waals surface area contributed by atoms with Gasteiger partial charge in [-0.15, -0.1) is 0 Å². The first kappa shape index (κ1) is 20.6. The van der Waals surface area contributed by atoms with Gasteiger partial charge in [-0.05, 0) is 44.9 Å². The smallest absolute Gasteiger partial charge is 0.248 e. The average Bonchev–Trinajstić information content (AvgIpc) is 3.23. The maximum atomic E-state index is 12.6. The molecule has 3 saturated heterocycles. The lowest BCUT2D eigenvalue weighted by Gasteiger charge is -2.46. The average molecular weight is 381 g/mol. The molecule has 154 valence electrons. The Morgan fingerprint density at radius 3 is 2.37 bits per heavy atom. The molecule has 0 aromatic heterocycles. The van der Waals surface area contributed by atoms with Crippen molar-refractivity contribution in [3.8, 4) is 0 Å². The number of ether oxygens (including phenoxy) is 2. The van der Waals surface area contributed by atoms with Gasteiger partial charge in [0.2, 0.25) is 11.8 Å². The minimum Gasteiger partial charge on any atom is -0.375 e. The van der Waals surface area contributed by atoms with Gasteiger partial charge in [0.05, 0.1) is 11.7 Å². The van der Waals surface area contributed by atoms with Gasteiger partial charge in [-0.3, -0.25) is 9.59 Å². The molecule has 3 rings (SSSR count). The number of hydrogen-bond acceptors (Lipinski definition) is 4. The molecule has 6 heteroatoms. The van der Waals surface area contributed by atoms with Crippen LogP contribution >= 0.6 is 0 Å². The summed E-state index contributed by atoms with van der Waals surface area (Å²) in [5.74, 6) is 0.576. The van der Waals surface area contributed by atoms with Crippen molar-refractivity contribution in [3.63, 3.8) is 0 Å². The van der Waals surface area contributed by atoms with Crippen molar-refractivity contribution in [2.75, 3.05) is 39.4 Å². The lowest BCUT2D eigenvalue weighted by atomic mass is 9.83. The quantitative estimate of drug-likeness (QED) is 0.711. The van der Waals surface area contributed by atoms with Gasteiger partial charge in [0, 0.05) is 45.1 Å². The van der Waals surface area contributed by atoms with Crippen molar-refractivity contribution in [2.24, 2.45) is 5.92 Å². The number of carbonyl (C=O) groups excluding carboxylic acids is 2. The predicted molar refractivity (Wildman–Crippen MR) is 103 cm³/mol. The van der Waals surface area contributed by atoms with E-state index < -0.39 is 0 Å². The summed E-state index contributed by atoms with van der Waals surface area (Å²) in [5, 5.41) is 0. The molecule has 3 fully saturated rings. The SMILES string of the molecule is CCC(CC)C(=O)N1CCC2(CC1)CC(OCC(=O)N1CCCC1)CCO2. The molecule has 1 spiro atoms. The summed E-state index contributed by atoms with van der Waals surface area (Å²) < 4.78 is 12.2. The van der Waals surface area contributed by atoms with Crippen LogP contribution in [0, 0.1) is 5.92 Å². The second-order valence-corrected chi connectivity index (χ2v) is 8.38. The fourth-order valence-electron chi connectivity index (χ4n) is 4.75. The minimum absolute atomic E-state index is 0.0894. The first-order valence-corrected chi connectivity index (χ1v) is 10.9. The van der Waals surface area contributed by atoms with Crippen LogP contribution in [0.25, 0.3) is 0 Å². The third-order valence-electron chi connectivity index (χ3n) is 6.67. The first-order valence-electron chi connectivity index (χ1n) is 10.9. The van der Waals surface area contributed by atoms with Gasteiger partial charge in [-0.1, -0.05) is 13.8 Å². The van der Waals surface area contributed by atoms with Crippen LogP contribution in [0.1, 0.15) is 65.2 Å². The molecule has 2 amide bonds. The van der Waals surface area contributed by atoms with E-state index in [0.29, 0.717) is 12.5 Å². The van der Waals surface area contributed by atoms with Crippen molar-refractivity contribution in [2.45, 2.75) is 76.9 Å². The highest BCUT2D eigenvalue weighted by Gasteiger charge is 2.42. The summed E-state index contributed by atoms with van der Waals surface area (Å²) in [6, 6.07) is 0. The number of nitrogens with zero attached hydrogens (tertiary/aromatic N) is 2. The Morgan fingerprint density at radius 2 is 1.74 bits per heavy atom. The number of piperidine rings is 1. The van der Waals surface area contributed by atoms with Gasteiger partial charge in [-0.2, -0.15) is 0 Å². The lowest BCUT2D eigenvalue weighted by molar-refractivity contribution is -0.167. The molecule has 0 bridgehead atoms. The fourth-order valence-corrected chi connectivity index (χ4v) is 4.75. The number of carbonyl (C=O) groups is 2. The fraction of sp³-hybridized carbons (Fsp3) is 0.905. The summed E-state index contributed by atoms with van der Waals surface area (Å²) in [5.41, 5.74) is -0.176. The Morgan fingerprint density at radius 1 is 1.07 bits per heavy atom. The van der Waals surface area contributed by atoms with Crippen LogP contribution < -0.4 is 0 Å². The Bertz CT molecular complexity index is 506. The molecule has 0 aromatic carbocycles. The van der Waals surface area contributed by atoms with E-state index in [2.05, 4.69) is 13.8 Å². The summed E-state index contributed by atoms with van der Waals surface area (Å²) in [7, 11) is 0. The van der Waals surface area contributed by atoms with Crippen LogP contribution in [0.2, 0.25) is 0 Å². The maximum absolute atomic E-state index is 12.6. The van der Waals surface area contributed by atoms with Gasteiger partial charge in [0.25, 0.3) is 0 Å². The van der Waals surface area contributed by atoms with Crippen LogP contribution in [0.15, 0.2) is 0 Å². The van der Waals surface area contributed by atoms with Gasteiger partial charge in [-0.25, -0.2) is 0 Å². The topological polar surface area (TPSA) is 59.1 Å². The Balaban J connectivity index is 1.46. The third-order valence-corrected chi connectivity index (χ3v) is 6.67. The lowest BCUT2D eigenvalue weighted by Crippen LogP contribution is -2.53. The molecule has 1 unspecified atom stereocenters. The zero-order valence-corrected chi connectivity index (χ0v) is 17.1. The van der Waals surface area contributed by atoms with Crippen molar-refractivity contribution in [3.05, 3.63) is 0 Å². The van der Waals surface area contributed by atoms with Crippen LogP contribution in [0.5, 0.6) is 0 Å². The molecule has 3 heterocycles. The standard InChI is InChI=1S/C21H36N2O4/c1-3-17(4-2)20(25)23-12-8-21(9-13-23)15-18(7-14-27-21)26-16-19(24)22-10-5-6-11-22/h17-18H,3-16H2,1-2H3. The molecule has 3 aliphatic rings. The summed E-state index contributed by atoms with van der Waals surface area (Å²) in [6.07, 6.45) is 7.57. The van der Waals surface area contributed by atoms with E-state index >= 15 is 0 Å². The van der Waals surface area contributed by atoms with E-state index in [1.807, 2.05) is 9.80 Å². The van der Waals surface area contributed by atoms with E-state index in [9.17, 15) is 9.59 Å². The van der Waals surface area contributed by atoms with E-state index in [-0.39, 0.29) is 30.1 Å². The predicted octanol–water partition coefficient (Wildman–Crippen LogP) is 2.60. The number of amides is 2. The Labute approximate surface area is 163 Å². The zero-order chi connectivity index (χ0) is 19.3. The number of rotatable bonds is 6. The molecule has 0 aliphatic carbocycles. The van der Waals surface area contributed by atoms with Crippen LogP contribution in [0.3, 0.4) is 0 Å². The minimum atomic E-state index is -0.176. The zero-order valence-electron chi connectivity index (χ0n) is 17.1. The van der Waals surface area contributed by atoms with E-state index in [4.69, 9.17) is 9.47 Å². The van der Waals surface area contributed by atoms with Crippen molar-refractivity contribution in [1.82, 2.24) is 9.80 Å². The molecular formula is C21H36N2O4. The highest BCUT2D eigenvalue weighted by Crippen LogP contribution is 2.36. The van der Waals surface area contributed by atoms with Crippen molar-refractivity contribution < 1.29 is 19.1 Å². The summed E-state index contributed by atoms with van der Waals surface area (Å²) in [6.45, 7) is 8.35. The van der Waals surface area contributed by atoms with Gasteiger partial charge in [0.1, 0.15) is 6.61 Å². The molecule has 0 N–H and O–H groups in total. The second kappa shape index (κ2) is 9.37. The number of hydrogen-bond donors (Lipinski definition) is 0. The second-order valence-electron chi connectivity index (χ2n) is 8.38. The molecular weight excluding hydrogens is 344 g/mol. The largest absolute Gasteiger partial charge is 0.375 e. The monoisotopic (exact) mass is 380 g/mol. The van der Waals surface area contributed by atoms with Crippen molar-refractivity contribution >= 4 is 11.8 Å². The highest BCUT2D eigenvalue weighted by atomic mass is 16.5. The first-order chi connectivity index (χ1) is 13.1. The third kappa shape index (κ3) is 5.02. The summed E-state index contributed by atoms with van der Waals surface area (Å²) in [4.78, 5) is 28.8. The molecule has 1 atom stereocenters. The normalized spacial score (nSPS) is 25.4. The van der Waals surface area contributed by atoms with Gasteiger partial charge >= 0.3 is 0 Å². The van der Waals surface area contributed by atoms with Crippen LogP contribution in [-0.2, 0) is 19.1 Å². The Kier molecular flexibility index (Phi) is 7.15. The van der Waals surface area contributed by atoms with Crippen LogP contribution in [-0.4, -0.2) is 72.7 Å². The molecule has 0 saturated carbocycles. The number of likely N-dealkylation sites (tertiary alicyclic amines) is 2. The molecule has 27 heavy (non-hydrogen) atoms. The maximum Gasteiger partial charge on any atom is 0.248 e. The van der Waals surface area contributed by atoms with Crippen molar-refractivity contribution in [1.29, 1.82) is 0 Å². The Hall–Kier alpha value is -1.14. The highest BCUT2D eigenvalue weighted by molar-refractivity contribution is 5.79.